The van der Waals surface area contributed by atoms with Gasteiger partial charge in [0.25, 0.3) is 0 Å². The van der Waals surface area contributed by atoms with Gasteiger partial charge in [-0.15, -0.1) is 0 Å². The minimum atomic E-state index is -0.280. The van der Waals surface area contributed by atoms with Crippen LogP contribution in [0.5, 0.6) is 0 Å². The molecule has 98 valence electrons. The highest BCUT2D eigenvalue weighted by Gasteiger charge is 2.28. The topological polar surface area (TPSA) is 62.7 Å². The van der Waals surface area contributed by atoms with Gasteiger partial charge < -0.3 is 4.52 Å². The number of hydrogen-bond acceptors (Lipinski definition) is 4. The Balaban J connectivity index is 2.16. The molecule has 2 rings (SSSR count). The first-order valence-electron chi connectivity index (χ1n) is 6.40. The molecule has 0 aliphatic carbocycles. The molecule has 1 heterocycles. The largest absolute Gasteiger partial charge is 0.339 e. The molecule has 19 heavy (non-hydrogen) atoms. The third-order valence-corrected chi connectivity index (χ3v) is 3.20. The summed E-state index contributed by atoms with van der Waals surface area (Å²) in [6, 6.07) is 12.2. The highest BCUT2D eigenvalue weighted by molar-refractivity contribution is 5.30. The number of nitriles is 1. The molecule has 1 aromatic heterocycles. The molecule has 0 amide bonds. The first-order chi connectivity index (χ1) is 9.14. The molecule has 0 atom stereocenters. The summed E-state index contributed by atoms with van der Waals surface area (Å²) in [6.45, 7) is 4.15. The number of unbranched alkanes of at least 4 members (excludes halogenated alkanes) is 1. The van der Waals surface area contributed by atoms with E-state index in [0.29, 0.717) is 24.6 Å². The molecule has 0 unspecified atom stereocenters. The van der Waals surface area contributed by atoms with Crippen LogP contribution in [0.4, 0.5) is 0 Å². The van der Waals surface area contributed by atoms with Crippen molar-refractivity contribution in [3.05, 3.63) is 47.6 Å². The molecule has 0 aliphatic heterocycles. The second-order valence-electron chi connectivity index (χ2n) is 5.01. The van der Waals surface area contributed by atoms with Crippen molar-refractivity contribution >= 4 is 0 Å². The van der Waals surface area contributed by atoms with Crippen LogP contribution in [0, 0.1) is 11.3 Å². The molecular formula is C15H17N3O. The quantitative estimate of drug-likeness (QED) is 0.769. The highest BCUT2D eigenvalue weighted by Crippen LogP contribution is 2.29. The lowest BCUT2D eigenvalue weighted by atomic mass is 9.84. The molecule has 0 saturated heterocycles. The molecule has 0 bridgehead atoms. The Morgan fingerprint density at radius 3 is 2.68 bits per heavy atom. The smallest absolute Gasteiger partial charge is 0.226 e. The average molecular weight is 255 g/mol. The summed E-state index contributed by atoms with van der Waals surface area (Å²) in [5.74, 6) is 1.29. The molecule has 1 aromatic carbocycles. The number of hydrogen-bond donors (Lipinski definition) is 0. The van der Waals surface area contributed by atoms with Gasteiger partial charge in [-0.2, -0.15) is 10.2 Å². The van der Waals surface area contributed by atoms with Crippen LogP contribution in [-0.2, 0) is 11.8 Å². The lowest BCUT2D eigenvalue weighted by Crippen LogP contribution is -2.20. The zero-order valence-corrected chi connectivity index (χ0v) is 11.3. The van der Waals surface area contributed by atoms with Gasteiger partial charge in [0.2, 0.25) is 5.89 Å². The van der Waals surface area contributed by atoms with E-state index in [1.807, 2.05) is 18.2 Å². The zero-order chi connectivity index (χ0) is 13.7. The molecular weight excluding hydrogens is 238 g/mol. The Kier molecular flexibility index (Phi) is 3.96. The second kappa shape index (κ2) is 5.66. The molecule has 0 N–H and O–H groups in total. The second-order valence-corrected chi connectivity index (χ2v) is 5.01. The summed E-state index contributed by atoms with van der Waals surface area (Å²) in [4.78, 5) is 4.44. The maximum atomic E-state index is 8.51. The van der Waals surface area contributed by atoms with Crippen LogP contribution >= 0.6 is 0 Å². The van der Waals surface area contributed by atoms with Gasteiger partial charge in [-0.05, 0) is 25.8 Å². The molecule has 0 spiro atoms. The van der Waals surface area contributed by atoms with Crippen molar-refractivity contribution < 1.29 is 4.52 Å². The Labute approximate surface area is 113 Å². The van der Waals surface area contributed by atoms with Crippen molar-refractivity contribution in [2.75, 3.05) is 0 Å². The summed E-state index contributed by atoms with van der Waals surface area (Å²) in [6.07, 6.45) is 1.93. The van der Waals surface area contributed by atoms with Gasteiger partial charge in [0.15, 0.2) is 5.82 Å². The predicted molar refractivity (Wildman–Crippen MR) is 71.4 cm³/mol. The first-order valence-corrected chi connectivity index (χ1v) is 6.40. The van der Waals surface area contributed by atoms with Gasteiger partial charge in [-0.1, -0.05) is 35.5 Å². The Morgan fingerprint density at radius 1 is 1.26 bits per heavy atom. The fourth-order valence-electron chi connectivity index (χ4n) is 1.91. The number of nitrogens with zero attached hydrogens (tertiary/aromatic N) is 3. The van der Waals surface area contributed by atoms with Crippen LogP contribution in [0.3, 0.4) is 0 Å². The van der Waals surface area contributed by atoms with Gasteiger partial charge in [0, 0.05) is 12.8 Å². The Hall–Kier alpha value is -2.15. The Morgan fingerprint density at radius 2 is 2.00 bits per heavy atom. The fourth-order valence-corrected chi connectivity index (χ4v) is 1.91. The first kappa shape index (κ1) is 13.3. The van der Waals surface area contributed by atoms with Gasteiger partial charge in [-0.3, -0.25) is 0 Å². The summed E-state index contributed by atoms with van der Waals surface area (Å²) in [5.41, 5.74) is 0.873. The van der Waals surface area contributed by atoms with Crippen molar-refractivity contribution in [2.24, 2.45) is 0 Å². The summed E-state index contributed by atoms with van der Waals surface area (Å²) >= 11 is 0. The van der Waals surface area contributed by atoms with E-state index in [4.69, 9.17) is 9.78 Å². The third-order valence-electron chi connectivity index (χ3n) is 3.20. The number of benzene rings is 1. The van der Waals surface area contributed by atoms with Crippen molar-refractivity contribution in [3.63, 3.8) is 0 Å². The monoisotopic (exact) mass is 255 g/mol. The number of rotatable bonds is 5. The lowest BCUT2D eigenvalue weighted by Gasteiger charge is -2.20. The van der Waals surface area contributed by atoms with Gasteiger partial charge in [0.05, 0.1) is 11.5 Å². The zero-order valence-electron chi connectivity index (χ0n) is 11.3. The predicted octanol–water partition coefficient (Wildman–Crippen LogP) is 3.24. The minimum Gasteiger partial charge on any atom is -0.339 e. The molecule has 0 saturated carbocycles. The maximum absolute atomic E-state index is 8.51. The van der Waals surface area contributed by atoms with E-state index in [1.165, 1.54) is 0 Å². The molecule has 0 aliphatic rings. The van der Waals surface area contributed by atoms with Crippen molar-refractivity contribution in [1.82, 2.24) is 10.1 Å². The van der Waals surface area contributed by atoms with Gasteiger partial charge in [0.1, 0.15) is 0 Å². The van der Waals surface area contributed by atoms with Crippen LogP contribution in [0.2, 0.25) is 0 Å². The Bertz CT molecular complexity index is 567. The number of aryl methyl sites for hydroxylation is 1. The van der Waals surface area contributed by atoms with Gasteiger partial charge in [-0.25, -0.2) is 0 Å². The molecule has 4 nitrogen and oxygen atoms in total. The SMILES string of the molecule is CC(C)(c1ccccc1)c1noc(CCCC#N)n1. The third kappa shape index (κ3) is 3.00. The highest BCUT2D eigenvalue weighted by atomic mass is 16.5. The van der Waals surface area contributed by atoms with E-state index in [-0.39, 0.29) is 5.41 Å². The maximum Gasteiger partial charge on any atom is 0.226 e. The molecule has 0 radical (unpaired) electrons. The van der Waals surface area contributed by atoms with E-state index in [0.717, 1.165) is 12.0 Å². The fraction of sp³-hybridized carbons (Fsp3) is 0.400. The number of aromatic nitrogens is 2. The van der Waals surface area contributed by atoms with E-state index >= 15 is 0 Å². The minimum absolute atomic E-state index is 0.280. The van der Waals surface area contributed by atoms with Crippen LogP contribution in [-0.4, -0.2) is 10.1 Å². The van der Waals surface area contributed by atoms with E-state index in [9.17, 15) is 0 Å². The molecule has 2 aromatic rings. The average Bonchev–Trinajstić information content (AvgIpc) is 2.90. The summed E-state index contributed by atoms with van der Waals surface area (Å²) in [7, 11) is 0. The van der Waals surface area contributed by atoms with Crippen molar-refractivity contribution in [1.29, 1.82) is 5.26 Å². The molecule has 0 fully saturated rings. The van der Waals surface area contributed by atoms with E-state index in [1.54, 1.807) is 0 Å². The van der Waals surface area contributed by atoms with E-state index < -0.39 is 0 Å². The summed E-state index contributed by atoms with van der Waals surface area (Å²) in [5, 5.41) is 12.6. The van der Waals surface area contributed by atoms with Crippen LogP contribution in [0.15, 0.2) is 34.9 Å². The molecule has 4 heteroatoms. The van der Waals surface area contributed by atoms with Crippen molar-refractivity contribution in [3.8, 4) is 6.07 Å². The lowest BCUT2D eigenvalue weighted by molar-refractivity contribution is 0.364. The van der Waals surface area contributed by atoms with Crippen LogP contribution < -0.4 is 0 Å². The van der Waals surface area contributed by atoms with Crippen LogP contribution in [0.1, 0.15) is 44.0 Å². The van der Waals surface area contributed by atoms with E-state index in [2.05, 4.69) is 42.2 Å². The standard InChI is InChI=1S/C15H17N3O/c1-15(2,12-8-4-3-5-9-12)14-17-13(19-18-14)10-6-7-11-16/h3-5,8-9H,6-7,10H2,1-2H3. The van der Waals surface area contributed by atoms with Crippen LogP contribution in [0.25, 0.3) is 0 Å². The van der Waals surface area contributed by atoms with Gasteiger partial charge >= 0.3 is 0 Å². The normalized spacial score (nSPS) is 11.2. The summed E-state index contributed by atoms with van der Waals surface area (Å²) < 4.78 is 5.25. The van der Waals surface area contributed by atoms with Crippen molar-refractivity contribution in [2.45, 2.75) is 38.5 Å².